The Hall–Kier alpha value is -1.09. The molecule has 0 amide bonds. The molecule has 0 saturated carbocycles. The lowest BCUT2D eigenvalue weighted by Gasteiger charge is -2.36. The minimum Gasteiger partial charge on any atom is -0.428 e. The molecular formula is C16H23ClF4N2O2. The Kier molecular flexibility index (Phi) is 8.92. The Labute approximate surface area is 150 Å². The number of ether oxygens (including phenoxy) is 1. The van der Waals surface area contributed by atoms with Crippen molar-refractivity contribution in [2.24, 2.45) is 0 Å². The van der Waals surface area contributed by atoms with E-state index in [1.54, 1.807) is 12.1 Å². The number of aliphatic hydroxyl groups excluding tert-OH is 1. The van der Waals surface area contributed by atoms with Crippen LogP contribution in [0.1, 0.15) is 24.4 Å². The summed E-state index contributed by atoms with van der Waals surface area (Å²) in [6.07, 6.45) is -7.44. The second-order valence-electron chi connectivity index (χ2n) is 5.67. The molecule has 0 radical (unpaired) electrons. The SMILES string of the molecule is Cl.OCCC[C@H](c1ccccc1OC(F)(F)C(F)F)N1CCNCC1. The molecule has 4 nitrogen and oxygen atoms in total. The molecule has 1 atom stereocenters. The van der Waals surface area contributed by atoms with Gasteiger partial charge in [-0.15, -0.1) is 12.4 Å². The summed E-state index contributed by atoms with van der Waals surface area (Å²) in [5, 5.41) is 12.3. The van der Waals surface area contributed by atoms with Gasteiger partial charge in [-0.1, -0.05) is 18.2 Å². The van der Waals surface area contributed by atoms with Crippen molar-refractivity contribution in [3.05, 3.63) is 29.8 Å². The Morgan fingerprint density at radius 1 is 1.20 bits per heavy atom. The van der Waals surface area contributed by atoms with Gasteiger partial charge in [-0.3, -0.25) is 4.90 Å². The summed E-state index contributed by atoms with van der Waals surface area (Å²) in [6, 6.07) is 5.75. The van der Waals surface area contributed by atoms with Crippen molar-refractivity contribution in [3.8, 4) is 5.75 Å². The van der Waals surface area contributed by atoms with Crippen LogP contribution in [0.15, 0.2) is 24.3 Å². The number of aliphatic hydroxyl groups is 1. The van der Waals surface area contributed by atoms with Crippen LogP contribution in [0, 0.1) is 0 Å². The Balaban J connectivity index is 0.00000312. The molecule has 1 heterocycles. The molecule has 1 saturated heterocycles. The van der Waals surface area contributed by atoms with Crippen molar-refractivity contribution in [2.75, 3.05) is 32.8 Å². The first-order chi connectivity index (χ1) is 11.5. The second-order valence-corrected chi connectivity index (χ2v) is 5.67. The number of benzene rings is 1. The molecule has 2 N–H and O–H groups in total. The van der Waals surface area contributed by atoms with Crippen LogP contribution in [-0.4, -0.2) is 55.3 Å². The summed E-state index contributed by atoms with van der Waals surface area (Å²) in [4.78, 5) is 2.09. The van der Waals surface area contributed by atoms with Gasteiger partial charge in [0, 0.05) is 44.4 Å². The van der Waals surface area contributed by atoms with Crippen molar-refractivity contribution in [2.45, 2.75) is 31.4 Å². The molecule has 0 bridgehead atoms. The van der Waals surface area contributed by atoms with Gasteiger partial charge in [0.2, 0.25) is 0 Å². The van der Waals surface area contributed by atoms with Crippen LogP contribution < -0.4 is 10.1 Å². The average molecular weight is 387 g/mol. The third-order valence-electron chi connectivity index (χ3n) is 4.01. The Bertz CT molecular complexity index is 517. The van der Waals surface area contributed by atoms with E-state index in [4.69, 9.17) is 5.11 Å². The fourth-order valence-corrected chi connectivity index (χ4v) is 2.85. The summed E-state index contributed by atoms with van der Waals surface area (Å²) in [7, 11) is 0. The number of alkyl halides is 4. The van der Waals surface area contributed by atoms with Crippen LogP contribution >= 0.6 is 12.4 Å². The summed E-state index contributed by atoms with van der Waals surface area (Å²) in [5.41, 5.74) is 0.438. The van der Waals surface area contributed by atoms with Crippen LogP contribution in [0.3, 0.4) is 0 Å². The normalized spacial score (nSPS) is 17.2. The lowest BCUT2D eigenvalue weighted by molar-refractivity contribution is -0.253. The molecule has 9 heteroatoms. The molecular weight excluding hydrogens is 364 g/mol. The van der Waals surface area contributed by atoms with E-state index in [0.717, 1.165) is 13.1 Å². The van der Waals surface area contributed by atoms with Gasteiger partial charge in [-0.25, -0.2) is 0 Å². The van der Waals surface area contributed by atoms with Gasteiger partial charge in [0.1, 0.15) is 5.75 Å². The fourth-order valence-electron chi connectivity index (χ4n) is 2.85. The number of nitrogens with one attached hydrogen (secondary N) is 1. The van der Waals surface area contributed by atoms with E-state index in [2.05, 4.69) is 15.0 Å². The smallest absolute Gasteiger partial charge is 0.428 e. The van der Waals surface area contributed by atoms with Gasteiger partial charge in [0.05, 0.1) is 0 Å². The van der Waals surface area contributed by atoms with Gasteiger partial charge >= 0.3 is 12.5 Å². The highest BCUT2D eigenvalue weighted by molar-refractivity contribution is 5.85. The first-order valence-corrected chi connectivity index (χ1v) is 7.95. The van der Waals surface area contributed by atoms with Crippen LogP contribution in [0.5, 0.6) is 5.75 Å². The van der Waals surface area contributed by atoms with Crippen molar-refractivity contribution < 1.29 is 27.4 Å². The molecule has 1 fully saturated rings. The Morgan fingerprint density at radius 3 is 2.44 bits per heavy atom. The maximum Gasteiger partial charge on any atom is 0.461 e. The zero-order valence-electron chi connectivity index (χ0n) is 13.6. The topological polar surface area (TPSA) is 44.7 Å². The quantitative estimate of drug-likeness (QED) is 0.674. The van der Waals surface area contributed by atoms with E-state index in [0.29, 0.717) is 31.5 Å². The average Bonchev–Trinajstić information content (AvgIpc) is 2.57. The van der Waals surface area contributed by atoms with Crippen LogP contribution in [-0.2, 0) is 0 Å². The number of nitrogens with zero attached hydrogens (tertiary/aromatic N) is 1. The summed E-state index contributed by atoms with van der Waals surface area (Å²) >= 11 is 0. The van der Waals surface area contributed by atoms with Crippen LogP contribution in [0.4, 0.5) is 17.6 Å². The van der Waals surface area contributed by atoms with E-state index < -0.39 is 12.5 Å². The maximum absolute atomic E-state index is 13.3. The van der Waals surface area contributed by atoms with Gasteiger partial charge in [0.25, 0.3) is 0 Å². The monoisotopic (exact) mass is 386 g/mol. The van der Waals surface area contributed by atoms with Crippen molar-refractivity contribution in [3.63, 3.8) is 0 Å². The predicted molar refractivity (Wildman–Crippen MR) is 88.8 cm³/mol. The van der Waals surface area contributed by atoms with E-state index >= 15 is 0 Å². The number of halogens is 5. The first kappa shape index (κ1) is 22.0. The lowest BCUT2D eigenvalue weighted by Crippen LogP contribution is -2.45. The van der Waals surface area contributed by atoms with E-state index in [9.17, 15) is 17.6 Å². The summed E-state index contributed by atoms with van der Waals surface area (Å²) < 4.78 is 55.9. The highest BCUT2D eigenvalue weighted by Gasteiger charge is 2.44. The van der Waals surface area contributed by atoms with E-state index in [1.807, 2.05) is 0 Å². The molecule has 1 aromatic carbocycles. The molecule has 2 rings (SSSR count). The maximum atomic E-state index is 13.3. The van der Waals surface area contributed by atoms with Gasteiger partial charge in [0.15, 0.2) is 0 Å². The van der Waals surface area contributed by atoms with E-state index in [1.165, 1.54) is 12.1 Å². The zero-order valence-corrected chi connectivity index (χ0v) is 14.5. The van der Waals surface area contributed by atoms with E-state index in [-0.39, 0.29) is 30.8 Å². The van der Waals surface area contributed by atoms with Crippen molar-refractivity contribution >= 4 is 12.4 Å². The minimum absolute atomic E-state index is 0. The first-order valence-electron chi connectivity index (χ1n) is 7.95. The third kappa shape index (κ3) is 5.99. The lowest BCUT2D eigenvalue weighted by atomic mass is 9.98. The predicted octanol–water partition coefficient (Wildman–Crippen LogP) is 3.06. The van der Waals surface area contributed by atoms with Gasteiger partial charge in [-0.2, -0.15) is 17.6 Å². The van der Waals surface area contributed by atoms with Crippen LogP contribution in [0.2, 0.25) is 0 Å². The van der Waals surface area contributed by atoms with Crippen molar-refractivity contribution in [1.29, 1.82) is 0 Å². The molecule has 0 aromatic heterocycles. The zero-order chi connectivity index (χ0) is 17.6. The van der Waals surface area contributed by atoms with Gasteiger partial charge < -0.3 is 15.2 Å². The highest BCUT2D eigenvalue weighted by Crippen LogP contribution is 2.36. The number of hydrogen-bond donors (Lipinski definition) is 2. The molecule has 1 aliphatic heterocycles. The molecule has 0 unspecified atom stereocenters. The number of piperazine rings is 1. The molecule has 0 aliphatic carbocycles. The molecule has 144 valence electrons. The number of rotatable bonds is 8. The largest absolute Gasteiger partial charge is 0.461 e. The van der Waals surface area contributed by atoms with Crippen molar-refractivity contribution in [1.82, 2.24) is 10.2 Å². The number of hydrogen-bond acceptors (Lipinski definition) is 4. The standard InChI is InChI=1S/C16H22F4N2O2.ClH/c17-15(18)16(19,20)24-14-6-2-1-4-12(14)13(5-3-11-23)22-9-7-21-8-10-22;/h1-2,4,6,13,15,21,23H,3,5,7-11H2;1H/t13-;/m1./s1. The Morgan fingerprint density at radius 2 is 1.84 bits per heavy atom. The molecule has 25 heavy (non-hydrogen) atoms. The minimum atomic E-state index is -4.54. The highest BCUT2D eigenvalue weighted by atomic mass is 35.5. The fraction of sp³-hybridized carbons (Fsp3) is 0.625. The van der Waals surface area contributed by atoms with Gasteiger partial charge in [-0.05, 0) is 18.9 Å². The molecule has 1 aliphatic rings. The summed E-state index contributed by atoms with van der Waals surface area (Å²) in [5.74, 6) is -0.246. The molecule has 0 spiro atoms. The molecule has 1 aromatic rings. The summed E-state index contributed by atoms with van der Waals surface area (Å²) in [6.45, 7) is 2.89. The third-order valence-corrected chi connectivity index (χ3v) is 4.01. The second kappa shape index (κ2) is 10.2. The number of para-hydroxylation sites is 1. The van der Waals surface area contributed by atoms with Crippen LogP contribution in [0.25, 0.3) is 0 Å².